The number of aromatic amines is 1. The zero-order valence-electron chi connectivity index (χ0n) is 41.6. The molecule has 6 rings (SSSR count). The molecule has 3 aromatic rings. The van der Waals surface area contributed by atoms with Crippen molar-refractivity contribution in [3.05, 3.63) is 87.7 Å². The Morgan fingerprint density at radius 2 is 1.46 bits per heavy atom. The van der Waals surface area contributed by atoms with Crippen molar-refractivity contribution < 1.29 is 18.8 Å². The fourth-order valence-corrected chi connectivity index (χ4v) is 8.71. The average Bonchev–Trinajstić information content (AvgIpc) is 3.36. The lowest BCUT2D eigenvalue weighted by Crippen LogP contribution is -2.56. The highest BCUT2D eigenvalue weighted by molar-refractivity contribution is 7.79. The highest BCUT2D eigenvalue weighted by Crippen LogP contribution is 2.28. The summed E-state index contributed by atoms with van der Waals surface area (Å²) in [5.41, 5.74) is 1.91. The van der Waals surface area contributed by atoms with Gasteiger partial charge in [-0.2, -0.15) is 17.7 Å². The number of nitrogens with zero attached hydrogens (tertiary/aromatic N) is 6. The molecule has 1 aliphatic carbocycles. The van der Waals surface area contributed by atoms with Gasteiger partial charge in [-0.25, -0.2) is 9.49 Å². The van der Waals surface area contributed by atoms with E-state index >= 15 is 4.39 Å². The topological polar surface area (TPSA) is 125 Å². The molecule has 65 heavy (non-hydrogen) atoms. The number of carbonyl (C=O) groups excluding carboxylic acids is 3. The molecule has 1 saturated carbocycles. The van der Waals surface area contributed by atoms with Crippen molar-refractivity contribution in [3.8, 4) is 0 Å². The van der Waals surface area contributed by atoms with Crippen LogP contribution >= 0.6 is 12.6 Å². The minimum absolute atomic E-state index is 0.0122. The number of halogens is 1. The number of rotatable bonds is 15. The molecule has 2 aromatic carbocycles. The van der Waals surface area contributed by atoms with Crippen LogP contribution in [0.25, 0.3) is 10.8 Å². The number of benzene rings is 2. The predicted octanol–water partition coefficient (Wildman–Crippen LogP) is 8.13. The molecule has 3 fully saturated rings. The molecule has 2 N–H and O–H groups in total. The summed E-state index contributed by atoms with van der Waals surface area (Å²) in [7, 11) is 0. The lowest BCUT2D eigenvalue weighted by Gasteiger charge is -2.40. The second-order valence-electron chi connectivity index (χ2n) is 16.4. The number of allylic oxidation sites excluding steroid dienone is 1. The van der Waals surface area contributed by atoms with E-state index in [1.807, 2.05) is 65.5 Å². The maximum Gasteiger partial charge on any atom is 0.272 e. The third-order valence-corrected chi connectivity index (χ3v) is 12.1. The number of likely N-dealkylation sites (N-methyl/N-ethyl adjacent to an activating group) is 1. The molecule has 2 atom stereocenters. The van der Waals surface area contributed by atoms with E-state index in [4.69, 9.17) is 0 Å². The van der Waals surface area contributed by atoms with Gasteiger partial charge in [0.1, 0.15) is 11.9 Å². The number of piperazine rings is 2. The van der Waals surface area contributed by atoms with Crippen molar-refractivity contribution in [2.24, 2.45) is 11.8 Å². The zero-order chi connectivity index (χ0) is 48.5. The fourth-order valence-electron chi connectivity index (χ4n) is 8.71. The standard InChI is InChI=1S/C44H61FN8O4.3C2H6.CH4S/c1-5-49(18-17-32(4)29-50-19-21-53(22-20-50)44(57)41(46-31(2)3)34-11-7-6-8-12-34)30-40(54)51-23-25-52(26-24-51)43(56)37-27-33(15-16-38(37)45)28-39-35-13-9-10-14-36(35)42(55)48-47-39;4*1-2/h9-10,13-16,27,32,34,41,46H,2,5-8,11-12,17-26,28-30H2,1,3-4H3,(H,48,55);3*1-2H3;2H,1H3. The van der Waals surface area contributed by atoms with Crippen LogP contribution < -0.4 is 10.9 Å². The summed E-state index contributed by atoms with van der Waals surface area (Å²) in [4.78, 5) is 62.9. The molecular formula is C51H83FN8O4S. The quantitative estimate of drug-likeness (QED) is 0.131. The molecule has 14 heteroatoms. The van der Waals surface area contributed by atoms with E-state index in [1.165, 1.54) is 25.3 Å². The molecule has 2 aliphatic heterocycles. The molecule has 0 bridgehead atoms. The van der Waals surface area contributed by atoms with E-state index in [0.29, 0.717) is 73.0 Å². The SMILES string of the molecule is C=C(C)NC(C(=O)N1CCN(CC(C)CCN(CC)CC(=O)N2CCN(C(=O)c3cc(Cc4n[nH]c(=O)c5ccccc45)ccc3F)CC2)CC1)C1CCCCC1.CC.CC.CC.CS. The van der Waals surface area contributed by atoms with Gasteiger partial charge in [0, 0.05) is 76.4 Å². The molecule has 3 heterocycles. The van der Waals surface area contributed by atoms with E-state index in [9.17, 15) is 19.2 Å². The molecular weight excluding hydrogens is 840 g/mol. The Labute approximate surface area is 396 Å². The molecule has 12 nitrogen and oxygen atoms in total. The Balaban J connectivity index is 0.00000172. The minimum atomic E-state index is -0.596. The summed E-state index contributed by atoms with van der Waals surface area (Å²) >= 11 is 3.53. The van der Waals surface area contributed by atoms with Crippen LogP contribution in [0, 0.1) is 17.7 Å². The van der Waals surface area contributed by atoms with Gasteiger partial charge in [0.05, 0.1) is 23.2 Å². The largest absolute Gasteiger partial charge is 0.378 e. The van der Waals surface area contributed by atoms with Crippen molar-refractivity contribution in [1.82, 2.24) is 40.0 Å². The zero-order valence-corrected chi connectivity index (χ0v) is 42.5. The smallest absolute Gasteiger partial charge is 0.272 e. The lowest BCUT2D eigenvalue weighted by molar-refractivity contribution is -0.137. The summed E-state index contributed by atoms with van der Waals surface area (Å²) in [5, 5.41) is 11.4. The normalized spacial score (nSPS) is 16.3. The van der Waals surface area contributed by atoms with Crippen LogP contribution in [0.15, 0.2) is 59.5 Å². The van der Waals surface area contributed by atoms with Crippen LogP contribution in [0.5, 0.6) is 0 Å². The summed E-state index contributed by atoms with van der Waals surface area (Å²) in [6.07, 6.45) is 8.84. The van der Waals surface area contributed by atoms with Gasteiger partial charge in [0.15, 0.2) is 0 Å². The first-order valence-corrected chi connectivity index (χ1v) is 25.3. The van der Waals surface area contributed by atoms with E-state index in [2.05, 4.69) is 58.4 Å². The first-order chi connectivity index (χ1) is 31.5. The van der Waals surface area contributed by atoms with Gasteiger partial charge in [-0.3, -0.25) is 29.0 Å². The number of carbonyl (C=O) groups is 3. The molecule has 0 spiro atoms. The monoisotopic (exact) mass is 923 g/mol. The Bertz CT molecular complexity index is 1940. The van der Waals surface area contributed by atoms with Crippen LogP contribution in [0.4, 0.5) is 4.39 Å². The number of nitrogens with one attached hydrogen (secondary N) is 2. The Morgan fingerprint density at radius 1 is 0.877 bits per heavy atom. The van der Waals surface area contributed by atoms with Crippen LogP contribution in [0.1, 0.15) is 122 Å². The van der Waals surface area contributed by atoms with Crippen molar-refractivity contribution >= 4 is 41.1 Å². The second-order valence-corrected chi connectivity index (χ2v) is 16.4. The van der Waals surface area contributed by atoms with Crippen LogP contribution in [0.3, 0.4) is 0 Å². The van der Waals surface area contributed by atoms with Gasteiger partial charge in [0.2, 0.25) is 11.8 Å². The summed E-state index contributed by atoms with van der Waals surface area (Å²) < 4.78 is 15.0. The van der Waals surface area contributed by atoms with Crippen molar-refractivity contribution in [2.75, 3.05) is 84.8 Å². The van der Waals surface area contributed by atoms with Crippen LogP contribution in [-0.4, -0.2) is 143 Å². The summed E-state index contributed by atoms with van der Waals surface area (Å²) in [5.74, 6) is 0.0877. The Hall–Kier alpha value is -4.27. The number of amides is 3. The maximum absolute atomic E-state index is 15.0. The second kappa shape index (κ2) is 30.8. The summed E-state index contributed by atoms with van der Waals surface area (Å²) in [6, 6.07) is 11.5. The number of hydrogen-bond donors (Lipinski definition) is 3. The van der Waals surface area contributed by atoms with Gasteiger partial charge >= 0.3 is 0 Å². The molecule has 364 valence electrons. The number of fused-ring (bicyclic) bond motifs is 1. The lowest BCUT2D eigenvalue weighted by atomic mass is 9.83. The maximum atomic E-state index is 15.0. The number of hydrogen-bond acceptors (Lipinski definition) is 9. The van der Waals surface area contributed by atoms with E-state index in [1.54, 1.807) is 40.3 Å². The third kappa shape index (κ3) is 17.2. The van der Waals surface area contributed by atoms with Gasteiger partial charge in [-0.1, -0.05) is 105 Å². The van der Waals surface area contributed by atoms with Gasteiger partial charge in [-0.15, -0.1) is 0 Å². The summed E-state index contributed by atoms with van der Waals surface area (Å²) in [6.45, 7) is 29.8. The van der Waals surface area contributed by atoms with E-state index in [0.717, 1.165) is 70.8 Å². The van der Waals surface area contributed by atoms with Crippen LogP contribution in [-0.2, 0) is 16.0 Å². The molecule has 2 unspecified atom stereocenters. The number of thiol groups is 1. The molecule has 0 radical (unpaired) electrons. The average molecular weight is 923 g/mol. The van der Waals surface area contributed by atoms with Gasteiger partial charge in [0.25, 0.3) is 11.5 Å². The van der Waals surface area contributed by atoms with Gasteiger partial charge in [-0.05, 0) is 81.1 Å². The fraction of sp³-hybridized carbons (Fsp3) is 0.627. The third-order valence-electron chi connectivity index (χ3n) is 12.1. The van der Waals surface area contributed by atoms with Crippen molar-refractivity contribution in [1.29, 1.82) is 0 Å². The van der Waals surface area contributed by atoms with E-state index in [-0.39, 0.29) is 29.0 Å². The Morgan fingerprint density at radius 3 is 2.06 bits per heavy atom. The molecule has 3 aliphatic rings. The van der Waals surface area contributed by atoms with E-state index < -0.39 is 11.7 Å². The number of H-pyrrole nitrogens is 1. The Kier molecular flexibility index (Phi) is 27.0. The van der Waals surface area contributed by atoms with Crippen molar-refractivity contribution in [2.45, 2.75) is 113 Å². The molecule has 2 saturated heterocycles. The van der Waals surface area contributed by atoms with Crippen LogP contribution in [0.2, 0.25) is 0 Å². The molecule has 3 amide bonds. The predicted molar refractivity (Wildman–Crippen MR) is 270 cm³/mol. The first kappa shape index (κ1) is 56.9. The highest BCUT2D eigenvalue weighted by Gasteiger charge is 2.34. The number of aromatic nitrogens is 2. The minimum Gasteiger partial charge on any atom is -0.378 e. The van der Waals surface area contributed by atoms with Crippen molar-refractivity contribution in [3.63, 3.8) is 0 Å². The first-order valence-electron chi connectivity index (χ1n) is 24.4. The highest BCUT2D eigenvalue weighted by atomic mass is 32.1. The van der Waals surface area contributed by atoms with Gasteiger partial charge < -0.3 is 20.0 Å². The molecule has 1 aromatic heterocycles.